The summed E-state index contributed by atoms with van der Waals surface area (Å²) in [6.45, 7) is 3.68. The van der Waals surface area contributed by atoms with Crippen molar-refractivity contribution in [2.45, 2.75) is 62.0 Å². The molecule has 5 nitrogen and oxygen atoms in total. The van der Waals surface area contributed by atoms with Crippen LogP contribution in [0.3, 0.4) is 0 Å². The van der Waals surface area contributed by atoms with Crippen molar-refractivity contribution in [3.8, 4) is 0 Å². The lowest BCUT2D eigenvalue weighted by atomic mass is 10.1. The van der Waals surface area contributed by atoms with E-state index in [9.17, 15) is 14.0 Å². The second kappa shape index (κ2) is 9.22. The fourth-order valence-corrected chi connectivity index (χ4v) is 5.06. The Kier molecular flexibility index (Phi) is 6.41. The maximum atomic E-state index is 13.3. The Hall–Kier alpha value is -2.67. The number of hydrogen-bond acceptors (Lipinski definition) is 4. The second-order valence-electron chi connectivity index (χ2n) is 8.07. The molecular weight excluding hydrogens is 413 g/mol. The molecule has 3 aromatic rings. The Balaban J connectivity index is 1.58. The van der Waals surface area contributed by atoms with Crippen LogP contribution in [0.5, 0.6) is 0 Å². The normalized spacial score (nSPS) is 16.4. The number of nitrogens with one attached hydrogen (secondary N) is 1. The number of carbonyl (C=O) groups excluding carboxylic acids is 1. The van der Waals surface area contributed by atoms with Crippen molar-refractivity contribution in [3.05, 3.63) is 70.3 Å². The van der Waals surface area contributed by atoms with Gasteiger partial charge < -0.3 is 5.32 Å². The predicted molar refractivity (Wildman–Crippen MR) is 122 cm³/mol. The van der Waals surface area contributed by atoms with E-state index in [4.69, 9.17) is 4.98 Å². The van der Waals surface area contributed by atoms with Gasteiger partial charge in [0.05, 0.1) is 22.2 Å². The van der Waals surface area contributed by atoms with Crippen LogP contribution in [-0.2, 0) is 4.79 Å². The van der Waals surface area contributed by atoms with Crippen molar-refractivity contribution in [1.29, 1.82) is 0 Å². The first-order valence-electron chi connectivity index (χ1n) is 10.7. The number of rotatable bonds is 6. The van der Waals surface area contributed by atoms with Crippen LogP contribution < -0.4 is 10.9 Å². The van der Waals surface area contributed by atoms with Crippen LogP contribution in [0.2, 0.25) is 0 Å². The molecule has 4 rings (SSSR count). The number of amides is 1. The van der Waals surface area contributed by atoms with Gasteiger partial charge in [0.1, 0.15) is 5.82 Å². The molecule has 1 saturated carbocycles. The fourth-order valence-electron chi connectivity index (χ4n) is 4.07. The molecule has 162 valence electrons. The molecule has 0 spiro atoms. The summed E-state index contributed by atoms with van der Waals surface area (Å²) in [6, 6.07) is 13.3. The van der Waals surface area contributed by atoms with Crippen LogP contribution >= 0.6 is 11.8 Å². The summed E-state index contributed by atoms with van der Waals surface area (Å²) < 4.78 is 15.0. The topological polar surface area (TPSA) is 64.0 Å². The zero-order valence-corrected chi connectivity index (χ0v) is 18.5. The van der Waals surface area contributed by atoms with E-state index in [1.54, 1.807) is 16.7 Å². The molecule has 0 bridgehead atoms. The average Bonchev–Trinajstić information content (AvgIpc) is 3.28. The minimum atomic E-state index is -0.441. The van der Waals surface area contributed by atoms with E-state index in [0.717, 1.165) is 31.2 Å². The van der Waals surface area contributed by atoms with Gasteiger partial charge in [0.15, 0.2) is 5.16 Å². The molecule has 0 saturated heterocycles. The largest absolute Gasteiger partial charge is 0.349 e. The summed E-state index contributed by atoms with van der Waals surface area (Å²) in [7, 11) is 0. The van der Waals surface area contributed by atoms with Crippen molar-refractivity contribution in [1.82, 2.24) is 14.9 Å². The van der Waals surface area contributed by atoms with Crippen LogP contribution in [0.25, 0.3) is 10.9 Å². The molecule has 31 heavy (non-hydrogen) atoms. The van der Waals surface area contributed by atoms with Gasteiger partial charge in [0.25, 0.3) is 5.56 Å². The number of aromatic nitrogens is 2. The van der Waals surface area contributed by atoms with Gasteiger partial charge in [-0.25, -0.2) is 9.37 Å². The van der Waals surface area contributed by atoms with E-state index in [0.29, 0.717) is 16.1 Å². The number of hydrogen-bond donors (Lipinski definition) is 1. The number of fused-ring (bicyclic) bond motifs is 1. The molecule has 7 heteroatoms. The molecule has 0 radical (unpaired) electrons. The quantitative estimate of drug-likeness (QED) is 0.433. The molecule has 2 aromatic carbocycles. The highest BCUT2D eigenvalue weighted by atomic mass is 32.2. The van der Waals surface area contributed by atoms with E-state index < -0.39 is 5.25 Å². The summed E-state index contributed by atoms with van der Waals surface area (Å²) in [6.07, 6.45) is 4.10. The average molecular weight is 440 g/mol. The first-order valence-corrected chi connectivity index (χ1v) is 11.6. The van der Waals surface area contributed by atoms with Crippen molar-refractivity contribution in [2.75, 3.05) is 0 Å². The van der Waals surface area contributed by atoms with Crippen molar-refractivity contribution >= 4 is 28.6 Å². The summed E-state index contributed by atoms with van der Waals surface area (Å²) in [5.41, 5.74) is 1.45. The molecule has 1 aliphatic rings. The number of halogens is 1. The standard InChI is InChI=1S/C24H26FN3O2S/c1-15(17-11-13-18(25)14-12-17)26-22(29)16(2)31-24-27-21-10-6-5-9-20(21)23(30)28(24)19-7-3-4-8-19/h5-6,9-16,19H,3-4,7-8H2,1-2H3,(H,26,29)/t15-,16+/m1/s1. The highest BCUT2D eigenvalue weighted by Crippen LogP contribution is 2.33. The number of carbonyl (C=O) groups is 1. The minimum absolute atomic E-state index is 0.0349. The molecule has 1 aromatic heterocycles. The summed E-state index contributed by atoms with van der Waals surface area (Å²) in [5, 5.41) is 3.74. The first-order chi connectivity index (χ1) is 14.9. The summed E-state index contributed by atoms with van der Waals surface area (Å²) in [5.74, 6) is -0.458. The highest BCUT2D eigenvalue weighted by molar-refractivity contribution is 8.00. The van der Waals surface area contributed by atoms with E-state index in [2.05, 4.69) is 5.32 Å². The van der Waals surface area contributed by atoms with Gasteiger partial charge in [-0.15, -0.1) is 0 Å². The Bertz CT molecular complexity index is 1140. The third-order valence-corrected chi connectivity index (χ3v) is 6.91. The highest BCUT2D eigenvalue weighted by Gasteiger charge is 2.26. The predicted octanol–water partition coefficient (Wildman–Crippen LogP) is 5.01. The summed E-state index contributed by atoms with van der Waals surface area (Å²) >= 11 is 1.31. The maximum absolute atomic E-state index is 13.3. The van der Waals surface area contributed by atoms with Gasteiger partial charge in [-0.3, -0.25) is 14.2 Å². The zero-order chi connectivity index (χ0) is 22.0. The molecule has 1 heterocycles. The van der Waals surface area contributed by atoms with Gasteiger partial charge >= 0.3 is 0 Å². The van der Waals surface area contributed by atoms with E-state index in [1.165, 1.54) is 23.9 Å². The smallest absolute Gasteiger partial charge is 0.262 e. The lowest BCUT2D eigenvalue weighted by Crippen LogP contribution is -2.34. The molecular formula is C24H26FN3O2S. The maximum Gasteiger partial charge on any atom is 0.262 e. The molecule has 2 atom stereocenters. The number of benzene rings is 2. The number of para-hydroxylation sites is 1. The third-order valence-electron chi connectivity index (χ3n) is 5.85. The van der Waals surface area contributed by atoms with Crippen LogP contribution in [0.1, 0.15) is 57.2 Å². The van der Waals surface area contributed by atoms with Crippen LogP contribution in [0.4, 0.5) is 4.39 Å². The summed E-state index contributed by atoms with van der Waals surface area (Å²) in [4.78, 5) is 30.9. The van der Waals surface area contributed by atoms with Crippen molar-refractivity contribution in [3.63, 3.8) is 0 Å². The SMILES string of the molecule is C[C@H](Sc1nc2ccccc2c(=O)n1C1CCCC1)C(=O)N[C@H](C)c1ccc(F)cc1. The zero-order valence-electron chi connectivity index (χ0n) is 17.7. The lowest BCUT2D eigenvalue weighted by Gasteiger charge is -2.21. The van der Waals surface area contributed by atoms with Crippen molar-refractivity contribution < 1.29 is 9.18 Å². The van der Waals surface area contributed by atoms with Crippen LogP contribution in [0.15, 0.2) is 58.5 Å². The number of thioether (sulfide) groups is 1. The first kappa shape index (κ1) is 21.6. The van der Waals surface area contributed by atoms with Crippen LogP contribution in [-0.4, -0.2) is 20.7 Å². The molecule has 1 N–H and O–H groups in total. The van der Waals surface area contributed by atoms with Crippen molar-refractivity contribution in [2.24, 2.45) is 0 Å². The molecule has 0 unspecified atom stereocenters. The van der Waals surface area contributed by atoms with E-state index in [1.807, 2.05) is 38.1 Å². The molecule has 1 amide bonds. The molecule has 1 aliphatic carbocycles. The van der Waals surface area contributed by atoms with Gasteiger partial charge in [-0.1, -0.05) is 48.9 Å². The molecule has 1 fully saturated rings. The molecule has 0 aliphatic heterocycles. The minimum Gasteiger partial charge on any atom is -0.349 e. The van der Waals surface area contributed by atoms with Gasteiger partial charge in [-0.2, -0.15) is 0 Å². The lowest BCUT2D eigenvalue weighted by molar-refractivity contribution is -0.120. The van der Waals surface area contributed by atoms with Gasteiger partial charge in [0.2, 0.25) is 5.91 Å². The fraction of sp³-hybridized carbons (Fsp3) is 0.375. The van der Waals surface area contributed by atoms with E-state index in [-0.39, 0.29) is 29.4 Å². The Morgan fingerprint density at radius 3 is 2.52 bits per heavy atom. The Morgan fingerprint density at radius 1 is 1.13 bits per heavy atom. The third kappa shape index (κ3) is 4.66. The van der Waals surface area contributed by atoms with Gasteiger partial charge in [-0.05, 0) is 56.5 Å². The Morgan fingerprint density at radius 2 is 1.81 bits per heavy atom. The van der Waals surface area contributed by atoms with Gasteiger partial charge in [0, 0.05) is 6.04 Å². The Labute approximate surface area is 185 Å². The monoisotopic (exact) mass is 439 g/mol. The van der Waals surface area contributed by atoms with Crippen LogP contribution in [0, 0.1) is 5.82 Å². The second-order valence-corrected chi connectivity index (χ2v) is 9.37. The van der Waals surface area contributed by atoms with E-state index >= 15 is 0 Å². The number of nitrogens with zero attached hydrogens (tertiary/aromatic N) is 2.